The fourth-order valence-electron chi connectivity index (χ4n) is 3.02. The molecule has 4 heteroatoms. The minimum atomic E-state index is -0.179. The van der Waals surface area contributed by atoms with Gasteiger partial charge in [0.25, 0.3) is 0 Å². The predicted molar refractivity (Wildman–Crippen MR) is 82.5 cm³/mol. The number of carbonyl (C=O) groups is 1. The molecule has 116 valence electrons. The normalized spacial score (nSPS) is 23.9. The summed E-state index contributed by atoms with van der Waals surface area (Å²) >= 11 is 0. The highest BCUT2D eigenvalue weighted by molar-refractivity contribution is 5.78. The number of aryl methyl sites for hydroxylation is 1. The molecule has 0 saturated carbocycles. The molecule has 1 saturated heterocycles. The zero-order chi connectivity index (χ0) is 15.4. The highest BCUT2D eigenvalue weighted by atomic mass is 19.1. The van der Waals surface area contributed by atoms with E-state index in [4.69, 9.17) is 0 Å². The SMILES string of the molecule is C[C@@H]1CN(C(=O)[C@@H](C)CCc2ccccc2F)C[C@@H](C)N1. The maximum Gasteiger partial charge on any atom is 0.225 e. The predicted octanol–water partition coefficient (Wildman–Crippen LogP) is 2.60. The summed E-state index contributed by atoms with van der Waals surface area (Å²) < 4.78 is 13.6. The Morgan fingerprint density at radius 1 is 1.33 bits per heavy atom. The third-order valence-electron chi connectivity index (χ3n) is 4.10. The zero-order valence-electron chi connectivity index (χ0n) is 13.1. The van der Waals surface area contributed by atoms with Gasteiger partial charge in [-0.1, -0.05) is 25.1 Å². The van der Waals surface area contributed by atoms with Gasteiger partial charge in [-0.15, -0.1) is 0 Å². The summed E-state index contributed by atoms with van der Waals surface area (Å²) in [6.07, 6.45) is 1.29. The number of benzene rings is 1. The number of nitrogens with one attached hydrogen (secondary N) is 1. The third-order valence-corrected chi connectivity index (χ3v) is 4.10. The Balaban J connectivity index is 1.89. The van der Waals surface area contributed by atoms with Crippen LogP contribution in [0.1, 0.15) is 32.8 Å². The molecule has 3 nitrogen and oxygen atoms in total. The number of nitrogens with zero attached hydrogens (tertiary/aromatic N) is 1. The van der Waals surface area contributed by atoms with Crippen LogP contribution < -0.4 is 5.32 Å². The summed E-state index contributed by atoms with van der Waals surface area (Å²) in [6, 6.07) is 7.46. The Morgan fingerprint density at radius 2 is 1.95 bits per heavy atom. The summed E-state index contributed by atoms with van der Waals surface area (Å²) in [5, 5.41) is 3.42. The molecule has 1 amide bonds. The van der Waals surface area contributed by atoms with Crippen LogP contribution in [0.4, 0.5) is 4.39 Å². The van der Waals surface area contributed by atoms with Crippen molar-refractivity contribution in [2.24, 2.45) is 5.92 Å². The molecule has 1 fully saturated rings. The molecule has 1 aliphatic heterocycles. The smallest absolute Gasteiger partial charge is 0.225 e. The zero-order valence-corrected chi connectivity index (χ0v) is 13.1. The van der Waals surface area contributed by atoms with Gasteiger partial charge in [0.05, 0.1) is 0 Å². The molecule has 1 N–H and O–H groups in total. The highest BCUT2D eigenvalue weighted by Gasteiger charge is 2.27. The molecule has 0 spiro atoms. The Morgan fingerprint density at radius 3 is 2.57 bits per heavy atom. The lowest BCUT2D eigenvalue weighted by atomic mass is 9.98. The van der Waals surface area contributed by atoms with Gasteiger partial charge < -0.3 is 10.2 Å². The first-order chi connectivity index (χ1) is 9.97. The monoisotopic (exact) mass is 292 g/mol. The molecular formula is C17H25FN2O. The Hall–Kier alpha value is -1.42. The molecule has 1 aromatic carbocycles. The molecule has 3 atom stereocenters. The van der Waals surface area contributed by atoms with E-state index in [0.717, 1.165) is 13.1 Å². The van der Waals surface area contributed by atoms with Crippen LogP contribution >= 0.6 is 0 Å². The maximum absolute atomic E-state index is 13.6. The summed E-state index contributed by atoms with van der Waals surface area (Å²) in [5.41, 5.74) is 0.694. The van der Waals surface area contributed by atoms with E-state index in [9.17, 15) is 9.18 Å². The van der Waals surface area contributed by atoms with Gasteiger partial charge >= 0.3 is 0 Å². The van der Waals surface area contributed by atoms with Crippen LogP contribution in [0.3, 0.4) is 0 Å². The van der Waals surface area contributed by atoms with Gasteiger partial charge in [0.2, 0.25) is 5.91 Å². The molecule has 1 aliphatic rings. The van der Waals surface area contributed by atoms with E-state index in [2.05, 4.69) is 19.2 Å². The molecule has 0 aromatic heterocycles. The minimum absolute atomic E-state index is 0.0675. The number of halogens is 1. The maximum atomic E-state index is 13.6. The minimum Gasteiger partial charge on any atom is -0.339 e. The second-order valence-electron chi connectivity index (χ2n) is 6.24. The third kappa shape index (κ3) is 4.27. The van der Waals surface area contributed by atoms with Crippen molar-refractivity contribution < 1.29 is 9.18 Å². The van der Waals surface area contributed by atoms with Crippen molar-refractivity contribution in [3.63, 3.8) is 0 Å². The Kier molecular flexibility index (Phi) is 5.34. The van der Waals surface area contributed by atoms with Gasteiger partial charge in [-0.25, -0.2) is 4.39 Å². The lowest BCUT2D eigenvalue weighted by Crippen LogP contribution is -2.56. The number of amides is 1. The molecule has 0 unspecified atom stereocenters. The standard InChI is InChI=1S/C17H25FN2O/c1-12(8-9-15-6-4-5-7-16(15)18)17(21)20-10-13(2)19-14(3)11-20/h4-7,12-14,19H,8-11H2,1-3H3/t12-,13+,14+/m0/s1. The average molecular weight is 292 g/mol. The van der Waals surface area contributed by atoms with Crippen LogP contribution in [0.2, 0.25) is 0 Å². The van der Waals surface area contributed by atoms with Crippen molar-refractivity contribution >= 4 is 5.91 Å². The van der Waals surface area contributed by atoms with Gasteiger partial charge in [-0.05, 0) is 38.3 Å². The largest absolute Gasteiger partial charge is 0.339 e. The number of hydrogen-bond acceptors (Lipinski definition) is 2. The van der Waals surface area contributed by atoms with Crippen molar-refractivity contribution in [3.05, 3.63) is 35.6 Å². The summed E-state index contributed by atoms with van der Waals surface area (Å²) in [7, 11) is 0. The first-order valence-electron chi connectivity index (χ1n) is 7.75. The summed E-state index contributed by atoms with van der Waals surface area (Å²) in [5.74, 6) is -0.0600. The molecular weight excluding hydrogens is 267 g/mol. The van der Waals surface area contributed by atoms with Crippen molar-refractivity contribution in [3.8, 4) is 0 Å². The van der Waals surface area contributed by atoms with Gasteiger partial charge in [0.15, 0.2) is 0 Å². The lowest BCUT2D eigenvalue weighted by Gasteiger charge is -2.37. The van der Waals surface area contributed by atoms with Crippen LogP contribution in [0.25, 0.3) is 0 Å². The second kappa shape index (κ2) is 7.03. The summed E-state index contributed by atoms with van der Waals surface area (Å²) in [6.45, 7) is 7.65. The van der Waals surface area contributed by atoms with E-state index in [0.29, 0.717) is 30.5 Å². The average Bonchev–Trinajstić information content (AvgIpc) is 2.44. The van der Waals surface area contributed by atoms with Crippen LogP contribution in [0.5, 0.6) is 0 Å². The fourth-order valence-corrected chi connectivity index (χ4v) is 3.02. The number of piperazine rings is 1. The van der Waals surface area contributed by atoms with Crippen LogP contribution in [0, 0.1) is 11.7 Å². The molecule has 0 radical (unpaired) electrons. The van der Waals surface area contributed by atoms with E-state index in [1.54, 1.807) is 12.1 Å². The van der Waals surface area contributed by atoms with E-state index in [-0.39, 0.29) is 17.6 Å². The van der Waals surface area contributed by atoms with Gasteiger partial charge in [0.1, 0.15) is 5.82 Å². The molecule has 1 aromatic rings. The Labute approximate surface area is 126 Å². The lowest BCUT2D eigenvalue weighted by molar-refractivity contribution is -0.137. The number of carbonyl (C=O) groups excluding carboxylic acids is 1. The number of hydrogen-bond donors (Lipinski definition) is 1. The van der Waals surface area contributed by atoms with Gasteiger partial charge in [-0.2, -0.15) is 0 Å². The molecule has 0 aliphatic carbocycles. The van der Waals surface area contributed by atoms with E-state index in [1.807, 2.05) is 17.9 Å². The van der Waals surface area contributed by atoms with E-state index in [1.165, 1.54) is 6.07 Å². The number of rotatable bonds is 4. The molecule has 21 heavy (non-hydrogen) atoms. The molecule has 0 bridgehead atoms. The summed E-state index contributed by atoms with van der Waals surface area (Å²) in [4.78, 5) is 14.4. The first-order valence-corrected chi connectivity index (χ1v) is 7.75. The van der Waals surface area contributed by atoms with Crippen LogP contribution in [-0.4, -0.2) is 36.0 Å². The van der Waals surface area contributed by atoms with Gasteiger partial charge in [0, 0.05) is 31.1 Å². The quantitative estimate of drug-likeness (QED) is 0.925. The fraction of sp³-hybridized carbons (Fsp3) is 0.588. The van der Waals surface area contributed by atoms with Crippen molar-refractivity contribution in [2.75, 3.05) is 13.1 Å². The highest BCUT2D eigenvalue weighted by Crippen LogP contribution is 2.16. The molecule has 2 rings (SSSR count). The van der Waals surface area contributed by atoms with Crippen molar-refractivity contribution in [2.45, 2.75) is 45.7 Å². The van der Waals surface area contributed by atoms with E-state index < -0.39 is 0 Å². The van der Waals surface area contributed by atoms with Crippen molar-refractivity contribution in [1.82, 2.24) is 10.2 Å². The topological polar surface area (TPSA) is 32.3 Å². The first kappa shape index (κ1) is 16.0. The van der Waals surface area contributed by atoms with Crippen LogP contribution in [-0.2, 0) is 11.2 Å². The van der Waals surface area contributed by atoms with E-state index >= 15 is 0 Å². The second-order valence-corrected chi connectivity index (χ2v) is 6.24. The molecule has 1 heterocycles. The van der Waals surface area contributed by atoms with Gasteiger partial charge in [-0.3, -0.25) is 4.79 Å². The van der Waals surface area contributed by atoms with Crippen molar-refractivity contribution in [1.29, 1.82) is 0 Å². The Bertz CT molecular complexity index is 481. The van der Waals surface area contributed by atoms with Crippen LogP contribution in [0.15, 0.2) is 24.3 Å².